The minimum absolute atomic E-state index is 0.450. The first-order chi connectivity index (χ1) is 11.3. The number of hydrogen-bond acceptors (Lipinski definition) is 4. The average Bonchev–Trinajstić information content (AvgIpc) is 3.06. The number of aryl methyl sites for hydroxylation is 1. The van der Waals surface area contributed by atoms with Crippen LogP contribution in [-0.2, 0) is 0 Å². The van der Waals surface area contributed by atoms with Gasteiger partial charge in [-0.15, -0.1) is 11.8 Å². The van der Waals surface area contributed by atoms with Crippen LogP contribution in [0.1, 0.15) is 19.5 Å². The van der Waals surface area contributed by atoms with E-state index in [1.165, 1.54) is 0 Å². The summed E-state index contributed by atoms with van der Waals surface area (Å²) < 4.78 is 3.91. The zero-order valence-corrected chi connectivity index (χ0v) is 17.9. The van der Waals surface area contributed by atoms with Crippen molar-refractivity contribution in [3.05, 3.63) is 44.6 Å². The summed E-state index contributed by atoms with van der Waals surface area (Å²) in [6, 6.07) is 5.61. The first-order valence-corrected chi connectivity index (χ1v) is 10.4. The molecular weight excluding hydrogens is 449 g/mol. The number of thioether (sulfide) groups is 1. The van der Waals surface area contributed by atoms with Crippen LogP contribution in [0.2, 0.25) is 10.0 Å². The van der Waals surface area contributed by atoms with Gasteiger partial charge in [0, 0.05) is 17.0 Å². The number of thiazole rings is 1. The first kappa shape index (κ1) is 18.3. The summed E-state index contributed by atoms with van der Waals surface area (Å²) in [6.45, 7) is 6.28. The smallest absolute Gasteiger partial charge is 0.212 e. The van der Waals surface area contributed by atoms with Crippen molar-refractivity contribution in [2.45, 2.75) is 30.2 Å². The SMILES string of the molecule is Cc1nn(-c2nc(-c3ccc(Cl)c(Cl)c3)c(SC(C)C)s2)cc1Br. The molecule has 2 aromatic heterocycles. The summed E-state index contributed by atoms with van der Waals surface area (Å²) in [6.07, 6.45) is 1.93. The Hall–Kier alpha value is -0.530. The number of nitrogens with zero attached hydrogens (tertiary/aromatic N) is 3. The van der Waals surface area contributed by atoms with Crippen molar-refractivity contribution in [3.8, 4) is 16.4 Å². The van der Waals surface area contributed by atoms with Crippen LogP contribution in [-0.4, -0.2) is 20.0 Å². The highest BCUT2D eigenvalue weighted by Gasteiger charge is 2.18. The van der Waals surface area contributed by atoms with Crippen molar-refractivity contribution in [2.75, 3.05) is 0 Å². The normalized spacial score (nSPS) is 11.5. The van der Waals surface area contributed by atoms with Crippen LogP contribution >= 0.6 is 62.2 Å². The highest BCUT2D eigenvalue weighted by Crippen LogP contribution is 2.41. The Bertz CT molecular complexity index is 870. The second kappa shape index (κ2) is 7.38. The molecule has 0 aliphatic carbocycles. The lowest BCUT2D eigenvalue weighted by Gasteiger charge is -2.05. The van der Waals surface area contributed by atoms with E-state index in [0.717, 1.165) is 30.8 Å². The van der Waals surface area contributed by atoms with Crippen molar-refractivity contribution in [1.29, 1.82) is 0 Å². The number of halogens is 3. The summed E-state index contributed by atoms with van der Waals surface area (Å²) in [5.74, 6) is 0. The van der Waals surface area contributed by atoms with Crippen LogP contribution < -0.4 is 0 Å². The van der Waals surface area contributed by atoms with E-state index < -0.39 is 0 Å². The Morgan fingerprint density at radius 2 is 2.00 bits per heavy atom. The highest BCUT2D eigenvalue weighted by atomic mass is 79.9. The largest absolute Gasteiger partial charge is 0.217 e. The van der Waals surface area contributed by atoms with Gasteiger partial charge in [0.15, 0.2) is 0 Å². The van der Waals surface area contributed by atoms with Crippen molar-refractivity contribution in [3.63, 3.8) is 0 Å². The van der Waals surface area contributed by atoms with Crippen LogP contribution in [0.3, 0.4) is 0 Å². The van der Waals surface area contributed by atoms with Gasteiger partial charge in [0.1, 0.15) is 0 Å². The third kappa shape index (κ3) is 3.83. The molecule has 3 aromatic rings. The fourth-order valence-electron chi connectivity index (χ4n) is 2.05. The summed E-state index contributed by atoms with van der Waals surface area (Å²) in [5.41, 5.74) is 2.80. The lowest BCUT2D eigenvalue weighted by molar-refractivity contribution is 0.853. The fourth-order valence-corrected chi connectivity index (χ4v) is 5.07. The highest BCUT2D eigenvalue weighted by molar-refractivity contribution is 9.10. The Morgan fingerprint density at radius 1 is 1.25 bits per heavy atom. The lowest BCUT2D eigenvalue weighted by atomic mass is 10.2. The molecule has 0 spiro atoms. The molecular formula is C16H14BrCl2N3S2. The first-order valence-electron chi connectivity index (χ1n) is 7.20. The van der Waals surface area contributed by atoms with Gasteiger partial charge < -0.3 is 0 Å². The molecule has 0 bridgehead atoms. The summed E-state index contributed by atoms with van der Waals surface area (Å²) >= 11 is 19.1. The van der Waals surface area contributed by atoms with Gasteiger partial charge in [0.2, 0.25) is 5.13 Å². The maximum Gasteiger partial charge on any atom is 0.212 e. The Morgan fingerprint density at radius 3 is 2.58 bits per heavy atom. The minimum Gasteiger partial charge on any atom is -0.217 e. The fraction of sp³-hybridized carbons (Fsp3) is 0.250. The van der Waals surface area contributed by atoms with Crippen molar-refractivity contribution in [1.82, 2.24) is 14.8 Å². The zero-order valence-electron chi connectivity index (χ0n) is 13.2. The quantitative estimate of drug-likeness (QED) is 0.396. The van der Waals surface area contributed by atoms with E-state index in [4.69, 9.17) is 28.2 Å². The van der Waals surface area contributed by atoms with Gasteiger partial charge in [-0.1, -0.05) is 54.5 Å². The molecule has 126 valence electrons. The molecule has 0 atom stereocenters. The second-order valence-corrected chi connectivity index (χ2v) is 9.93. The van der Waals surface area contributed by atoms with E-state index >= 15 is 0 Å². The van der Waals surface area contributed by atoms with E-state index in [9.17, 15) is 0 Å². The monoisotopic (exact) mass is 461 g/mol. The van der Waals surface area contributed by atoms with Crippen LogP contribution in [0.15, 0.2) is 33.1 Å². The van der Waals surface area contributed by atoms with E-state index in [1.54, 1.807) is 33.8 Å². The Kier molecular flexibility index (Phi) is 5.62. The molecule has 8 heteroatoms. The molecule has 0 unspecified atom stereocenters. The molecule has 0 aliphatic rings. The second-order valence-electron chi connectivity index (χ2n) is 5.44. The van der Waals surface area contributed by atoms with Crippen molar-refractivity contribution in [2.24, 2.45) is 0 Å². The van der Waals surface area contributed by atoms with E-state index in [1.807, 2.05) is 25.3 Å². The molecule has 0 aliphatic heterocycles. The predicted molar refractivity (Wildman–Crippen MR) is 108 cm³/mol. The third-order valence-corrected chi connectivity index (χ3v) is 6.93. The number of hydrogen-bond donors (Lipinski definition) is 0. The lowest BCUT2D eigenvalue weighted by Crippen LogP contribution is -1.94. The van der Waals surface area contributed by atoms with Crippen LogP contribution in [0.25, 0.3) is 16.4 Å². The summed E-state index contributed by atoms with van der Waals surface area (Å²) in [4.78, 5) is 4.80. The summed E-state index contributed by atoms with van der Waals surface area (Å²) in [5, 5.41) is 6.85. The molecule has 3 nitrogen and oxygen atoms in total. The van der Waals surface area contributed by atoms with Gasteiger partial charge in [0.25, 0.3) is 0 Å². The van der Waals surface area contributed by atoms with Gasteiger partial charge in [-0.25, -0.2) is 9.67 Å². The predicted octanol–water partition coefficient (Wildman–Crippen LogP) is 6.87. The number of benzene rings is 1. The van der Waals surface area contributed by atoms with Crippen LogP contribution in [0.4, 0.5) is 0 Å². The maximum absolute atomic E-state index is 6.18. The molecule has 0 fully saturated rings. The van der Waals surface area contributed by atoms with Gasteiger partial charge >= 0.3 is 0 Å². The van der Waals surface area contributed by atoms with Crippen LogP contribution in [0.5, 0.6) is 0 Å². The van der Waals surface area contributed by atoms with Gasteiger partial charge in [-0.2, -0.15) is 5.10 Å². The molecule has 0 N–H and O–H groups in total. The van der Waals surface area contributed by atoms with Crippen LogP contribution in [0, 0.1) is 6.92 Å². The maximum atomic E-state index is 6.18. The third-order valence-electron chi connectivity index (χ3n) is 3.16. The van der Waals surface area contributed by atoms with E-state index in [2.05, 4.69) is 34.9 Å². The number of rotatable bonds is 4. The number of aromatic nitrogens is 3. The molecule has 2 heterocycles. The molecule has 0 radical (unpaired) electrons. The molecule has 0 saturated carbocycles. The topological polar surface area (TPSA) is 30.7 Å². The minimum atomic E-state index is 0.450. The van der Waals surface area contributed by atoms with E-state index in [0.29, 0.717) is 15.3 Å². The van der Waals surface area contributed by atoms with Gasteiger partial charge in [-0.3, -0.25) is 0 Å². The zero-order chi connectivity index (χ0) is 17.4. The average molecular weight is 463 g/mol. The Balaban J connectivity index is 2.11. The van der Waals surface area contributed by atoms with Gasteiger partial charge in [-0.05, 0) is 35.0 Å². The molecule has 24 heavy (non-hydrogen) atoms. The van der Waals surface area contributed by atoms with Crippen molar-refractivity contribution >= 4 is 62.2 Å². The standard InChI is InChI=1S/C16H14BrCl2N3S2/c1-8(2)23-15-14(10-4-5-12(18)13(19)6-10)20-16(24-15)22-7-11(17)9(3)21-22/h4-8H,1-3H3. The Labute approximate surface area is 167 Å². The summed E-state index contributed by atoms with van der Waals surface area (Å²) in [7, 11) is 0. The molecule has 3 rings (SSSR count). The molecule has 1 aromatic carbocycles. The van der Waals surface area contributed by atoms with E-state index in [-0.39, 0.29) is 0 Å². The van der Waals surface area contributed by atoms with Crippen molar-refractivity contribution < 1.29 is 0 Å². The molecule has 0 saturated heterocycles. The van der Waals surface area contributed by atoms with Gasteiger partial charge in [0.05, 0.1) is 30.1 Å². The molecule has 0 amide bonds.